The molecule has 0 fully saturated rings. The molecule has 0 atom stereocenters. The van der Waals surface area contributed by atoms with E-state index in [4.69, 9.17) is 20.8 Å². The van der Waals surface area contributed by atoms with Crippen LogP contribution in [0.15, 0.2) is 51.8 Å². The number of ether oxygens (including phenoxy) is 1. The van der Waals surface area contributed by atoms with Crippen molar-refractivity contribution in [2.24, 2.45) is 0 Å². The van der Waals surface area contributed by atoms with Crippen LogP contribution in [0.2, 0.25) is 5.02 Å². The quantitative estimate of drug-likeness (QED) is 0.365. The molecule has 5 heteroatoms. The average Bonchev–Trinajstić information content (AvgIpc) is 2.85. The number of thioether (sulfide) groups is 1. The van der Waals surface area contributed by atoms with E-state index >= 15 is 0 Å². The molecule has 0 bridgehead atoms. The van der Waals surface area contributed by atoms with Crippen molar-refractivity contribution in [1.82, 2.24) is 0 Å². The first kappa shape index (κ1) is 15.0. The Balaban J connectivity index is 2.07. The molecule has 0 aliphatic carbocycles. The number of furan rings is 1. The van der Waals surface area contributed by atoms with Crippen molar-refractivity contribution >= 4 is 40.3 Å². The molecule has 22 heavy (non-hydrogen) atoms. The van der Waals surface area contributed by atoms with E-state index < -0.39 is 0 Å². The SMILES string of the molecule is CSc1c(-c2ccc(OC(C)=O)cc2)oc2ccc(Cl)cc12. The molecule has 0 spiro atoms. The lowest BCUT2D eigenvalue weighted by molar-refractivity contribution is -0.131. The Morgan fingerprint density at radius 3 is 2.55 bits per heavy atom. The van der Waals surface area contributed by atoms with Crippen molar-refractivity contribution in [3.8, 4) is 17.1 Å². The number of esters is 1. The molecule has 0 radical (unpaired) electrons. The van der Waals surface area contributed by atoms with Crippen LogP contribution in [0.1, 0.15) is 6.92 Å². The first-order chi connectivity index (χ1) is 10.6. The van der Waals surface area contributed by atoms with E-state index in [0.717, 1.165) is 27.2 Å². The van der Waals surface area contributed by atoms with Gasteiger partial charge >= 0.3 is 5.97 Å². The predicted octanol–water partition coefficient (Wildman–Crippen LogP) is 5.40. The van der Waals surface area contributed by atoms with Gasteiger partial charge in [0.25, 0.3) is 0 Å². The van der Waals surface area contributed by atoms with Crippen LogP contribution in [0.5, 0.6) is 5.75 Å². The summed E-state index contributed by atoms with van der Waals surface area (Å²) in [6.07, 6.45) is 2.00. The summed E-state index contributed by atoms with van der Waals surface area (Å²) >= 11 is 7.68. The highest BCUT2D eigenvalue weighted by molar-refractivity contribution is 7.99. The maximum absolute atomic E-state index is 11.0. The van der Waals surface area contributed by atoms with Gasteiger partial charge in [-0.3, -0.25) is 4.79 Å². The molecule has 112 valence electrons. The van der Waals surface area contributed by atoms with Gasteiger partial charge in [0, 0.05) is 22.9 Å². The van der Waals surface area contributed by atoms with Crippen molar-refractivity contribution in [1.29, 1.82) is 0 Å². The highest BCUT2D eigenvalue weighted by Crippen LogP contribution is 2.40. The smallest absolute Gasteiger partial charge is 0.308 e. The Morgan fingerprint density at radius 1 is 1.18 bits per heavy atom. The van der Waals surface area contributed by atoms with Crippen LogP contribution in [0.3, 0.4) is 0 Å². The first-order valence-electron chi connectivity index (χ1n) is 6.63. The van der Waals surface area contributed by atoms with E-state index in [1.807, 2.05) is 36.6 Å². The van der Waals surface area contributed by atoms with Crippen LogP contribution < -0.4 is 4.74 Å². The molecule has 0 aliphatic heterocycles. The summed E-state index contributed by atoms with van der Waals surface area (Å²) < 4.78 is 11.0. The normalized spacial score (nSPS) is 10.9. The second kappa shape index (κ2) is 6.07. The topological polar surface area (TPSA) is 39.4 Å². The third kappa shape index (κ3) is 2.85. The van der Waals surface area contributed by atoms with Crippen molar-refractivity contribution < 1.29 is 13.9 Å². The zero-order valence-electron chi connectivity index (χ0n) is 12.1. The lowest BCUT2D eigenvalue weighted by atomic mass is 10.1. The van der Waals surface area contributed by atoms with Gasteiger partial charge in [-0.05, 0) is 48.7 Å². The van der Waals surface area contributed by atoms with Gasteiger partial charge in [0.05, 0.1) is 4.90 Å². The van der Waals surface area contributed by atoms with Crippen molar-refractivity contribution in [2.75, 3.05) is 6.26 Å². The Hall–Kier alpha value is -1.91. The van der Waals surface area contributed by atoms with E-state index in [1.165, 1.54) is 6.92 Å². The molecule has 0 saturated heterocycles. The first-order valence-corrected chi connectivity index (χ1v) is 8.23. The van der Waals surface area contributed by atoms with Crippen molar-refractivity contribution in [3.05, 3.63) is 47.5 Å². The van der Waals surface area contributed by atoms with Gasteiger partial charge in [0.1, 0.15) is 17.1 Å². The largest absolute Gasteiger partial charge is 0.455 e. The molecule has 3 aromatic rings. The molecule has 3 rings (SSSR count). The zero-order chi connectivity index (χ0) is 15.7. The third-order valence-corrected chi connectivity index (χ3v) is 4.24. The highest BCUT2D eigenvalue weighted by Gasteiger charge is 2.15. The highest BCUT2D eigenvalue weighted by atomic mass is 35.5. The van der Waals surface area contributed by atoms with Gasteiger partial charge in [-0.15, -0.1) is 11.8 Å². The van der Waals surface area contributed by atoms with Gasteiger partial charge in [-0.1, -0.05) is 11.6 Å². The summed E-state index contributed by atoms with van der Waals surface area (Å²) in [4.78, 5) is 12.0. The Bertz CT molecular complexity index is 837. The minimum Gasteiger partial charge on any atom is -0.455 e. The molecule has 0 N–H and O–H groups in total. The molecule has 3 nitrogen and oxygen atoms in total. The Kier molecular flexibility index (Phi) is 4.14. The number of benzene rings is 2. The molecular weight excluding hydrogens is 320 g/mol. The van der Waals surface area contributed by atoms with Gasteiger partial charge < -0.3 is 9.15 Å². The van der Waals surface area contributed by atoms with E-state index in [2.05, 4.69) is 0 Å². The fourth-order valence-electron chi connectivity index (χ4n) is 2.28. The second-order valence-electron chi connectivity index (χ2n) is 4.72. The van der Waals surface area contributed by atoms with E-state index in [-0.39, 0.29) is 5.97 Å². The minimum atomic E-state index is -0.337. The van der Waals surface area contributed by atoms with Gasteiger partial charge in [-0.2, -0.15) is 0 Å². The average molecular weight is 333 g/mol. The molecule has 1 aromatic heterocycles. The molecule has 0 saturated carbocycles. The van der Waals surface area contributed by atoms with Gasteiger partial charge in [0.2, 0.25) is 0 Å². The fraction of sp³-hybridized carbons (Fsp3) is 0.118. The molecule has 1 heterocycles. The summed E-state index contributed by atoms with van der Waals surface area (Å²) in [6, 6.07) is 12.8. The molecular formula is C17H13ClO3S. The lowest BCUT2D eigenvalue weighted by Crippen LogP contribution is -2.00. The van der Waals surface area contributed by atoms with E-state index in [0.29, 0.717) is 10.8 Å². The molecule has 0 unspecified atom stereocenters. The number of carbonyl (C=O) groups is 1. The lowest BCUT2D eigenvalue weighted by Gasteiger charge is -2.03. The molecule has 0 aliphatic rings. The van der Waals surface area contributed by atoms with Crippen LogP contribution in [-0.4, -0.2) is 12.2 Å². The zero-order valence-corrected chi connectivity index (χ0v) is 13.6. The van der Waals surface area contributed by atoms with Crippen LogP contribution in [-0.2, 0) is 4.79 Å². The number of rotatable bonds is 3. The maximum Gasteiger partial charge on any atom is 0.308 e. The van der Waals surface area contributed by atoms with Crippen LogP contribution in [0.4, 0.5) is 0 Å². The van der Waals surface area contributed by atoms with E-state index in [9.17, 15) is 4.79 Å². The summed E-state index contributed by atoms with van der Waals surface area (Å²) in [5.74, 6) is 0.969. The molecule has 0 amide bonds. The van der Waals surface area contributed by atoms with Crippen molar-refractivity contribution in [3.63, 3.8) is 0 Å². The Labute approximate surface area is 137 Å². The molecule has 2 aromatic carbocycles. The van der Waals surface area contributed by atoms with Crippen LogP contribution >= 0.6 is 23.4 Å². The van der Waals surface area contributed by atoms with Crippen LogP contribution in [0, 0.1) is 0 Å². The number of carbonyl (C=O) groups excluding carboxylic acids is 1. The number of fused-ring (bicyclic) bond motifs is 1. The van der Waals surface area contributed by atoms with Gasteiger partial charge in [-0.25, -0.2) is 0 Å². The number of hydrogen-bond donors (Lipinski definition) is 0. The van der Waals surface area contributed by atoms with Gasteiger partial charge in [0.15, 0.2) is 0 Å². The Morgan fingerprint density at radius 2 is 1.91 bits per heavy atom. The minimum absolute atomic E-state index is 0.337. The third-order valence-electron chi connectivity index (χ3n) is 3.19. The predicted molar refractivity (Wildman–Crippen MR) is 89.8 cm³/mol. The van der Waals surface area contributed by atoms with Crippen LogP contribution in [0.25, 0.3) is 22.3 Å². The summed E-state index contributed by atoms with van der Waals surface area (Å²) in [6.45, 7) is 1.38. The van der Waals surface area contributed by atoms with Crippen molar-refractivity contribution in [2.45, 2.75) is 11.8 Å². The summed E-state index contributed by atoms with van der Waals surface area (Å²) in [5.41, 5.74) is 1.72. The monoisotopic (exact) mass is 332 g/mol. The van der Waals surface area contributed by atoms with E-state index in [1.54, 1.807) is 23.9 Å². The summed E-state index contributed by atoms with van der Waals surface area (Å²) in [7, 11) is 0. The maximum atomic E-state index is 11.0. The standard InChI is InChI=1S/C17H13ClO3S/c1-10(19)20-13-6-3-11(4-7-13)16-17(22-2)14-9-12(18)5-8-15(14)21-16/h3-9H,1-2H3. The number of halogens is 1. The number of hydrogen-bond acceptors (Lipinski definition) is 4. The summed E-state index contributed by atoms with van der Waals surface area (Å²) in [5, 5.41) is 1.68. The second-order valence-corrected chi connectivity index (χ2v) is 5.98. The fourth-order valence-corrected chi connectivity index (χ4v) is 3.18.